The molecule has 29 heavy (non-hydrogen) atoms. The molecule has 1 fully saturated rings. The molecule has 0 unspecified atom stereocenters. The second-order valence-electron chi connectivity index (χ2n) is 6.44. The molecule has 0 atom stereocenters. The van der Waals surface area contributed by atoms with Gasteiger partial charge in [0, 0.05) is 5.69 Å². The molecule has 0 aromatic heterocycles. The van der Waals surface area contributed by atoms with Gasteiger partial charge in [0.25, 0.3) is 5.91 Å². The Kier molecular flexibility index (Phi) is 6.29. The number of imide groups is 1. The molecule has 0 bridgehead atoms. The van der Waals surface area contributed by atoms with E-state index < -0.39 is 17.8 Å². The molecule has 4 amide bonds. The molecule has 1 aliphatic heterocycles. The van der Waals surface area contributed by atoms with Crippen LogP contribution in [0.5, 0.6) is 5.75 Å². The number of anilines is 1. The largest absolute Gasteiger partial charge is 0.494 e. The third-order valence-electron chi connectivity index (χ3n) is 4.44. The van der Waals surface area contributed by atoms with Crippen LogP contribution in [0.4, 0.5) is 10.5 Å². The molecular weight excluding hydrogens is 370 g/mol. The Labute approximate surface area is 169 Å². The predicted octanol–water partition coefficient (Wildman–Crippen LogP) is 3.18. The number of ether oxygens (including phenoxy) is 1. The summed E-state index contributed by atoms with van der Waals surface area (Å²) in [6, 6.07) is 13.9. The summed E-state index contributed by atoms with van der Waals surface area (Å²) in [5.74, 6) is -0.248. The van der Waals surface area contributed by atoms with Crippen molar-refractivity contribution >= 4 is 29.6 Å². The maximum atomic E-state index is 12.6. The minimum absolute atomic E-state index is 0.126. The van der Waals surface area contributed by atoms with Crippen molar-refractivity contribution in [1.29, 1.82) is 0 Å². The van der Waals surface area contributed by atoms with Crippen molar-refractivity contribution in [3.8, 4) is 5.75 Å². The molecule has 7 nitrogen and oxygen atoms in total. The number of nitrogens with one attached hydrogen (secondary N) is 2. The topological polar surface area (TPSA) is 87.7 Å². The van der Waals surface area contributed by atoms with E-state index in [1.807, 2.05) is 32.0 Å². The zero-order chi connectivity index (χ0) is 20.8. The lowest BCUT2D eigenvalue weighted by Gasteiger charge is -2.13. The lowest BCUT2D eigenvalue weighted by molar-refractivity contribution is -0.127. The summed E-state index contributed by atoms with van der Waals surface area (Å²) in [4.78, 5) is 38.0. The van der Waals surface area contributed by atoms with E-state index in [1.54, 1.807) is 36.4 Å². The molecule has 0 spiro atoms. The highest BCUT2D eigenvalue weighted by Gasteiger charge is 2.34. The van der Waals surface area contributed by atoms with Gasteiger partial charge in [0.05, 0.1) is 6.61 Å². The maximum Gasteiger partial charge on any atom is 0.329 e. The van der Waals surface area contributed by atoms with E-state index >= 15 is 0 Å². The number of hydrogen-bond donors (Lipinski definition) is 2. The fourth-order valence-corrected chi connectivity index (χ4v) is 2.99. The smallest absolute Gasteiger partial charge is 0.329 e. The Morgan fingerprint density at radius 1 is 1.10 bits per heavy atom. The maximum absolute atomic E-state index is 12.6. The zero-order valence-corrected chi connectivity index (χ0v) is 16.4. The molecule has 2 N–H and O–H groups in total. The monoisotopic (exact) mass is 393 g/mol. The van der Waals surface area contributed by atoms with Crippen molar-refractivity contribution in [3.05, 3.63) is 65.4 Å². The second kappa shape index (κ2) is 9.05. The fourth-order valence-electron chi connectivity index (χ4n) is 2.99. The van der Waals surface area contributed by atoms with Gasteiger partial charge in [-0.05, 0) is 48.7 Å². The van der Waals surface area contributed by atoms with E-state index in [-0.39, 0.29) is 12.2 Å². The van der Waals surface area contributed by atoms with Crippen molar-refractivity contribution < 1.29 is 19.1 Å². The summed E-state index contributed by atoms with van der Waals surface area (Å²) in [6.45, 7) is 4.09. The third kappa shape index (κ3) is 4.82. The van der Waals surface area contributed by atoms with Crippen molar-refractivity contribution in [2.24, 2.45) is 0 Å². The summed E-state index contributed by atoms with van der Waals surface area (Å²) in [7, 11) is 0. The van der Waals surface area contributed by atoms with Gasteiger partial charge in [0.2, 0.25) is 5.91 Å². The lowest BCUT2D eigenvalue weighted by atomic mass is 10.1. The number of para-hydroxylation sites is 1. The number of rotatable bonds is 7. The van der Waals surface area contributed by atoms with Crippen molar-refractivity contribution in [2.75, 3.05) is 18.5 Å². The Bertz CT molecular complexity index is 951. The van der Waals surface area contributed by atoms with E-state index in [4.69, 9.17) is 4.74 Å². The van der Waals surface area contributed by atoms with Crippen LogP contribution in [0.1, 0.15) is 25.0 Å². The number of benzene rings is 2. The van der Waals surface area contributed by atoms with Gasteiger partial charge in [-0.1, -0.05) is 37.3 Å². The number of carbonyl (C=O) groups is 3. The van der Waals surface area contributed by atoms with Gasteiger partial charge in [-0.2, -0.15) is 0 Å². The van der Waals surface area contributed by atoms with E-state index in [1.165, 1.54) is 0 Å². The Morgan fingerprint density at radius 2 is 1.83 bits per heavy atom. The van der Waals surface area contributed by atoms with E-state index in [0.29, 0.717) is 12.3 Å². The molecule has 2 aromatic rings. The van der Waals surface area contributed by atoms with Gasteiger partial charge in [0.1, 0.15) is 18.0 Å². The van der Waals surface area contributed by atoms with Crippen LogP contribution in [0.15, 0.2) is 54.2 Å². The minimum Gasteiger partial charge on any atom is -0.494 e. The molecular formula is C22H23N3O4. The zero-order valence-electron chi connectivity index (χ0n) is 16.4. The quantitative estimate of drug-likeness (QED) is 0.559. The summed E-state index contributed by atoms with van der Waals surface area (Å²) in [5, 5.41) is 5.29. The first-order valence-corrected chi connectivity index (χ1v) is 9.47. The van der Waals surface area contributed by atoms with Crippen molar-refractivity contribution in [1.82, 2.24) is 10.2 Å². The molecule has 0 saturated carbocycles. The van der Waals surface area contributed by atoms with E-state index in [2.05, 4.69) is 10.6 Å². The van der Waals surface area contributed by atoms with Gasteiger partial charge in [-0.3, -0.25) is 9.59 Å². The first-order chi connectivity index (χ1) is 14.0. The molecule has 0 aliphatic carbocycles. The fraction of sp³-hybridized carbons (Fsp3) is 0.227. The SMILES string of the molecule is CCOc1ccc(/C=C2/NC(=O)N(CC(=O)Nc3ccccc3CC)C2=O)cc1. The number of hydrogen-bond acceptors (Lipinski definition) is 4. The normalized spacial score (nSPS) is 14.8. The molecule has 1 heterocycles. The third-order valence-corrected chi connectivity index (χ3v) is 4.44. The van der Waals surface area contributed by atoms with Crippen LogP contribution in [0, 0.1) is 0 Å². The molecule has 150 valence electrons. The number of carbonyl (C=O) groups excluding carboxylic acids is 3. The van der Waals surface area contributed by atoms with Gasteiger partial charge >= 0.3 is 6.03 Å². The molecule has 3 rings (SSSR count). The lowest BCUT2D eigenvalue weighted by Crippen LogP contribution is -2.38. The summed E-state index contributed by atoms with van der Waals surface area (Å²) < 4.78 is 5.39. The number of aryl methyl sites for hydroxylation is 1. The predicted molar refractivity (Wildman–Crippen MR) is 110 cm³/mol. The highest BCUT2D eigenvalue weighted by atomic mass is 16.5. The number of amides is 4. The molecule has 0 radical (unpaired) electrons. The number of urea groups is 1. The summed E-state index contributed by atoms with van der Waals surface area (Å²) in [6.07, 6.45) is 2.33. The standard InChI is InChI=1S/C22H23N3O4/c1-3-16-7-5-6-8-18(16)23-20(26)14-25-21(27)19(24-22(25)28)13-15-9-11-17(12-10-15)29-4-2/h5-13H,3-4,14H2,1-2H3,(H,23,26)(H,24,28)/b19-13+. The molecule has 2 aromatic carbocycles. The van der Waals surface area contributed by atoms with Crippen LogP contribution in [0.25, 0.3) is 6.08 Å². The van der Waals surface area contributed by atoms with Crippen LogP contribution in [0.2, 0.25) is 0 Å². The minimum atomic E-state index is -0.619. The summed E-state index contributed by atoms with van der Waals surface area (Å²) >= 11 is 0. The van der Waals surface area contributed by atoms with Crippen LogP contribution in [-0.2, 0) is 16.0 Å². The van der Waals surface area contributed by atoms with Crippen molar-refractivity contribution in [2.45, 2.75) is 20.3 Å². The highest BCUT2D eigenvalue weighted by Crippen LogP contribution is 2.18. The average Bonchev–Trinajstić information content (AvgIpc) is 2.97. The van der Waals surface area contributed by atoms with E-state index in [9.17, 15) is 14.4 Å². The van der Waals surface area contributed by atoms with E-state index in [0.717, 1.165) is 28.2 Å². The van der Waals surface area contributed by atoms with Gasteiger partial charge in [-0.25, -0.2) is 9.69 Å². The Hall–Kier alpha value is -3.61. The van der Waals surface area contributed by atoms with Crippen LogP contribution >= 0.6 is 0 Å². The first-order valence-electron chi connectivity index (χ1n) is 9.47. The second-order valence-corrected chi connectivity index (χ2v) is 6.44. The summed E-state index contributed by atoms with van der Waals surface area (Å²) in [5.41, 5.74) is 2.52. The van der Waals surface area contributed by atoms with Gasteiger partial charge in [0.15, 0.2) is 0 Å². The Morgan fingerprint density at radius 3 is 2.52 bits per heavy atom. The van der Waals surface area contributed by atoms with Gasteiger partial charge < -0.3 is 15.4 Å². The van der Waals surface area contributed by atoms with Crippen LogP contribution < -0.4 is 15.4 Å². The number of nitrogens with zero attached hydrogens (tertiary/aromatic N) is 1. The molecule has 1 aliphatic rings. The Balaban J connectivity index is 1.67. The molecule has 7 heteroatoms. The van der Waals surface area contributed by atoms with Crippen molar-refractivity contribution in [3.63, 3.8) is 0 Å². The van der Waals surface area contributed by atoms with Gasteiger partial charge in [-0.15, -0.1) is 0 Å². The average molecular weight is 393 g/mol. The molecule has 1 saturated heterocycles. The van der Waals surface area contributed by atoms with Crippen LogP contribution in [-0.4, -0.2) is 35.9 Å². The van der Waals surface area contributed by atoms with Crippen LogP contribution in [0.3, 0.4) is 0 Å². The first kappa shape index (κ1) is 20.1. The highest BCUT2D eigenvalue weighted by molar-refractivity contribution is 6.16.